The summed E-state index contributed by atoms with van der Waals surface area (Å²) in [4.78, 5) is 4.44. The second kappa shape index (κ2) is 6.05. The van der Waals surface area contributed by atoms with Gasteiger partial charge in [0.1, 0.15) is 12.4 Å². The maximum Gasteiger partial charge on any atom is 0.230 e. The minimum atomic E-state index is 0.471. The first-order valence-corrected chi connectivity index (χ1v) is 7.97. The van der Waals surface area contributed by atoms with E-state index in [0.29, 0.717) is 18.3 Å². The van der Waals surface area contributed by atoms with Gasteiger partial charge in [-0.3, -0.25) is 0 Å². The van der Waals surface area contributed by atoms with Gasteiger partial charge in [-0.2, -0.15) is 4.98 Å². The number of hydrogen-bond acceptors (Lipinski definition) is 4. The number of rotatable bonds is 5. The van der Waals surface area contributed by atoms with Gasteiger partial charge in [0.05, 0.1) is 0 Å². The number of ether oxygens (including phenoxy) is 1. The van der Waals surface area contributed by atoms with Crippen molar-refractivity contribution in [2.45, 2.75) is 25.4 Å². The van der Waals surface area contributed by atoms with E-state index < -0.39 is 0 Å². The summed E-state index contributed by atoms with van der Waals surface area (Å²) in [7, 11) is 0. The van der Waals surface area contributed by atoms with Crippen molar-refractivity contribution in [2.24, 2.45) is 0 Å². The molecule has 1 heterocycles. The first-order valence-electron chi connectivity index (χ1n) is 7.59. The van der Waals surface area contributed by atoms with Crippen LogP contribution in [0.15, 0.2) is 53.1 Å². The molecule has 4 rings (SSSR count). The van der Waals surface area contributed by atoms with E-state index >= 15 is 0 Å². The second-order valence-corrected chi connectivity index (χ2v) is 6.11. The molecule has 3 aromatic rings. The summed E-state index contributed by atoms with van der Waals surface area (Å²) in [6.07, 6.45) is 2.30. The highest BCUT2D eigenvalue weighted by Gasteiger charge is 2.29. The minimum Gasteiger partial charge on any atom is -0.489 e. The van der Waals surface area contributed by atoms with E-state index in [-0.39, 0.29) is 0 Å². The molecule has 0 radical (unpaired) electrons. The highest BCUT2D eigenvalue weighted by Crippen LogP contribution is 2.39. The number of aromatic nitrogens is 2. The quantitative estimate of drug-likeness (QED) is 0.672. The molecular weight excluding hydrogens is 312 g/mol. The van der Waals surface area contributed by atoms with Crippen molar-refractivity contribution in [3.63, 3.8) is 0 Å². The van der Waals surface area contributed by atoms with Crippen LogP contribution in [0.1, 0.15) is 30.2 Å². The molecule has 1 aromatic heterocycles. The highest BCUT2D eigenvalue weighted by molar-refractivity contribution is 6.30. The summed E-state index contributed by atoms with van der Waals surface area (Å²) in [6.45, 7) is 0.505. The van der Waals surface area contributed by atoms with Gasteiger partial charge in [0.2, 0.25) is 11.7 Å². The molecule has 0 spiro atoms. The summed E-state index contributed by atoms with van der Waals surface area (Å²) in [6, 6.07) is 15.3. The van der Waals surface area contributed by atoms with Crippen LogP contribution in [0.3, 0.4) is 0 Å². The van der Waals surface area contributed by atoms with Gasteiger partial charge in [0, 0.05) is 16.5 Å². The molecule has 116 valence electrons. The van der Waals surface area contributed by atoms with Crippen LogP contribution in [0.5, 0.6) is 5.75 Å². The van der Waals surface area contributed by atoms with Crippen LogP contribution in [-0.2, 0) is 6.61 Å². The van der Waals surface area contributed by atoms with Gasteiger partial charge in [-0.05, 0) is 54.8 Å². The Balaban J connectivity index is 1.41. The Labute approximate surface area is 139 Å². The lowest BCUT2D eigenvalue weighted by atomic mass is 10.2. The molecule has 0 saturated heterocycles. The zero-order valence-electron chi connectivity index (χ0n) is 12.4. The SMILES string of the molecule is Clc1ccc(COc2ccc(-c3noc(C4CC4)n3)cc2)cc1. The summed E-state index contributed by atoms with van der Waals surface area (Å²) >= 11 is 5.87. The van der Waals surface area contributed by atoms with Crippen LogP contribution in [0.25, 0.3) is 11.4 Å². The van der Waals surface area contributed by atoms with E-state index in [9.17, 15) is 0 Å². The molecule has 0 atom stereocenters. The van der Waals surface area contributed by atoms with Crippen LogP contribution < -0.4 is 4.74 Å². The van der Waals surface area contributed by atoms with E-state index in [1.54, 1.807) is 0 Å². The maximum atomic E-state index is 5.87. The van der Waals surface area contributed by atoms with Crippen molar-refractivity contribution in [2.75, 3.05) is 0 Å². The van der Waals surface area contributed by atoms with Crippen LogP contribution >= 0.6 is 11.6 Å². The first kappa shape index (κ1) is 14.3. The Kier molecular flexibility index (Phi) is 3.75. The summed E-state index contributed by atoms with van der Waals surface area (Å²) in [5.41, 5.74) is 2.00. The average molecular weight is 327 g/mol. The fourth-order valence-electron chi connectivity index (χ4n) is 2.30. The van der Waals surface area contributed by atoms with Gasteiger partial charge in [-0.1, -0.05) is 28.9 Å². The minimum absolute atomic E-state index is 0.471. The highest BCUT2D eigenvalue weighted by atomic mass is 35.5. The summed E-state index contributed by atoms with van der Waals surface area (Å²) in [5, 5.41) is 4.77. The van der Waals surface area contributed by atoms with Crippen LogP contribution in [0.4, 0.5) is 0 Å². The van der Waals surface area contributed by atoms with Gasteiger partial charge in [-0.15, -0.1) is 0 Å². The molecule has 0 unspecified atom stereocenters. The van der Waals surface area contributed by atoms with Crippen molar-refractivity contribution in [3.05, 3.63) is 65.0 Å². The lowest BCUT2D eigenvalue weighted by molar-refractivity contribution is 0.306. The Morgan fingerprint density at radius 2 is 1.78 bits per heavy atom. The number of halogens is 1. The third-order valence-electron chi connectivity index (χ3n) is 3.80. The Hall–Kier alpha value is -2.33. The number of nitrogens with zero attached hydrogens (tertiary/aromatic N) is 2. The monoisotopic (exact) mass is 326 g/mol. The van der Waals surface area contributed by atoms with Crippen molar-refractivity contribution in [1.29, 1.82) is 0 Å². The van der Waals surface area contributed by atoms with Crippen molar-refractivity contribution in [1.82, 2.24) is 10.1 Å². The Morgan fingerprint density at radius 3 is 2.48 bits per heavy atom. The van der Waals surface area contributed by atoms with Crippen molar-refractivity contribution < 1.29 is 9.26 Å². The lowest BCUT2D eigenvalue weighted by Gasteiger charge is -2.06. The Bertz CT molecular complexity index is 793. The van der Waals surface area contributed by atoms with Gasteiger partial charge in [0.15, 0.2) is 0 Å². The van der Waals surface area contributed by atoms with E-state index in [0.717, 1.165) is 40.6 Å². The number of hydrogen-bond donors (Lipinski definition) is 0. The lowest BCUT2D eigenvalue weighted by Crippen LogP contribution is -1.95. The predicted molar refractivity (Wildman–Crippen MR) is 87.5 cm³/mol. The van der Waals surface area contributed by atoms with Gasteiger partial charge >= 0.3 is 0 Å². The van der Waals surface area contributed by atoms with Gasteiger partial charge < -0.3 is 9.26 Å². The van der Waals surface area contributed by atoms with E-state index in [1.165, 1.54) is 0 Å². The smallest absolute Gasteiger partial charge is 0.230 e. The molecule has 0 N–H and O–H groups in total. The van der Waals surface area contributed by atoms with Crippen LogP contribution in [-0.4, -0.2) is 10.1 Å². The average Bonchev–Trinajstić information content (AvgIpc) is 3.32. The zero-order chi connectivity index (χ0) is 15.6. The van der Waals surface area contributed by atoms with E-state index in [2.05, 4.69) is 10.1 Å². The molecule has 1 fully saturated rings. The largest absolute Gasteiger partial charge is 0.489 e. The first-order chi connectivity index (χ1) is 11.3. The third kappa shape index (κ3) is 3.37. The molecule has 1 saturated carbocycles. The van der Waals surface area contributed by atoms with E-state index in [4.69, 9.17) is 20.9 Å². The molecule has 1 aliphatic carbocycles. The third-order valence-corrected chi connectivity index (χ3v) is 4.05. The summed E-state index contributed by atoms with van der Waals surface area (Å²) in [5.74, 6) is 2.66. The molecule has 5 heteroatoms. The zero-order valence-corrected chi connectivity index (χ0v) is 13.2. The van der Waals surface area contributed by atoms with E-state index in [1.807, 2.05) is 48.5 Å². The summed E-state index contributed by atoms with van der Waals surface area (Å²) < 4.78 is 11.1. The molecule has 4 nitrogen and oxygen atoms in total. The molecule has 1 aliphatic rings. The molecule has 0 aliphatic heterocycles. The van der Waals surface area contributed by atoms with Crippen LogP contribution in [0, 0.1) is 0 Å². The fourth-order valence-corrected chi connectivity index (χ4v) is 2.42. The normalized spacial score (nSPS) is 14.0. The Morgan fingerprint density at radius 1 is 1.04 bits per heavy atom. The van der Waals surface area contributed by atoms with Crippen LogP contribution in [0.2, 0.25) is 5.02 Å². The standard InChI is InChI=1S/C18H15ClN2O2/c19-15-7-1-12(2-8-15)11-22-16-9-5-13(6-10-16)17-20-18(23-21-17)14-3-4-14/h1-2,5-10,14H,3-4,11H2. The molecule has 0 bridgehead atoms. The van der Waals surface area contributed by atoms with Gasteiger partial charge in [-0.25, -0.2) is 0 Å². The van der Waals surface area contributed by atoms with Crippen molar-refractivity contribution >= 4 is 11.6 Å². The van der Waals surface area contributed by atoms with Gasteiger partial charge in [0.25, 0.3) is 0 Å². The fraction of sp³-hybridized carbons (Fsp3) is 0.222. The number of benzene rings is 2. The maximum absolute atomic E-state index is 5.87. The molecule has 0 amide bonds. The molecular formula is C18H15ClN2O2. The second-order valence-electron chi connectivity index (χ2n) is 5.67. The molecule has 23 heavy (non-hydrogen) atoms. The topological polar surface area (TPSA) is 48.2 Å². The molecule has 2 aromatic carbocycles. The van der Waals surface area contributed by atoms with Crippen molar-refractivity contribution in [3.8, 4) is 17.1 Å². The predicted octanol–water partition coefficient (Wildman–Crippen LogP) is 4.85.